The van der Waals surface area contributed by atoms with Crippen LogP contribution in [0.1, 0.15) is 17.0 Å². The lowest BCUT2D eigenvalue weighted by Gasteiger charge is -2.13. The molecule has 32 heavy (non-hydrogen) atoms. The Labute approximate surface area is 184 Å². The van der Waals surface area contributed by atoms with E-state index in [4.69, 9.17) is 9.15 Å². The fourth-order valence-electron chi connectivity index (χ4n) is 2.71. The van der Waals surface area contributed by atoms with Crippen LogP contribution in [0, 0.1) is 0 Å². The first-order valence-corrected chi connectivity index (χ1v) is 10.9. The summed E-state index contributed by atoms with van der Waals surface area (Å²) in [5.41, 5.74) is 0.149. The number of nitrogens with one attached hydrogen (secondary N) is 3. The number of carbonyl (C=O) groups is 2. The van der Waals surface area contributed by atoms with Crippen molar-refractivity contribution in [2.75, 3.05) is 23.7 Å². The molecule has 0 fully saturated rings. The lowest BCUT2D eigenvalue weighted by atomic mass is 10.2. The van der Waals surface area contributed by atoms with Crippen LogP contribution in [-0.2, 0) is 14.8 Å². The molecular formula is C21H21N3O7S. The Morgan fingerprint density at radius 1 is 1.06 bits per heavy atom. The van der Waals surface area contributed by atoms with E-state index in [0.717, 1.165) is 12.1 Å². The number of hydrogen-bond acceptors (Lipinski definition) is 7. The maximum Gasteiger partial charge on any atom is 0.286 e. The summed E-state index contributed by atoms with van der Waals surface area (Å²) >= 11 is 0. The number of benzene rings is 2. The Balaban J connectivity index is 1.65. The molecule has 1 heterocycles. The number of methoxy groups -OCH3 is 1. The largest absolute Gasteiger partial charge is 0.506 e. The second-order valence-corrected chi connectivity index (χ2v) is 8.20. The zero-order chi connectivity index (χ0) is 23.1. The smallest absolute Gasteiger partial charge is 0.286 e. The molecule has 1 aromatic heterocycles. The van der Waals surface area contributed by atoms with Gasteiger partial charge in [0.25, 0.3) is 15.9 Å². The van der Waals surface area contributed by atoms with E-state index < -0.39 is 21.8 Å². The third-order valence-electron chi connectivity index (χ3n) is 4.29. The highest BCUT2D eigenvalue weighted by molar-refractivity contribution is 7.92. The number of para-hydroxylation sites is 2. The average molecular weight is 459 g/mol. The zero-order valence-corrected chi connectivity index (χ0v) is 17.8. The molecule has 0 spiro atoms. The summed E-state index contributed by atoms with van der Waals surface area (Å²) in [6, 6.07) is 13.0. The van der Waals surface area contributed by atoms with Crippen molar-refractivity contribution in [1.82, 2.24) is 5.32 Å². The number of ether oxygens (including phenoxy) is 1. The third kappa shape index (κ3) is 5.58. The van der Waals surface area contributed by atoms with E-state index in [1.54, 1.807) is 24.3 Å². The van der Waals surface area contributed by atoms with Crippen LogP contribution >= 0.6 is 0 Å². The molecule has 3 rings (SSSR count). The molecule has 3 aromatic rings. The van der Waals surface area contributed by atoms with Gasteiger partial charge in [0.05, 0.1) is 29.6 Å². The molecule has 11 heteroatoms. The lowest BCUT2D eigenvalue weighted by molar-refractivity contribution is -0.116. The fraction of sp³-hybridized carbons (Fsp3) is 0.143. The topological polar surface area (TPSA) is 147 Å². The SMILES string of the molecule is COc1ccccc1NS(=O)(=O)c1ccc(O)c(NC(=O)CCNC(=O)c2ccco2)c1. The first-order valence-electron chi connectivity index (χ1n) is 9.40. The molecule has 0 aliphatic heterocycles. The molecule has 0 unspecified atom stereocenters. The van der Waals surface area contributed by atoms with E-state index in [1.165, 1.54) is 31.6 Å². The number of hydrogen-bond donors (Lipinski definition) is 4. The van der Waals surface area contributed by atoms with Gasteiger partial charge in [-0.25, -0.2) is 8.42 Å². The Morgan fingerprint density at radius 2 is 1.84 bits per heavy atom. The number of sulfonamides is 1. The number of carbonyl (C=O) groups excluding carboxylic acids is 2. The number of amides is 2. The minimum absolute atomic E-state index is 0.0134. The first kappa shape index (κ1) is 22.7. The minimum Gasteiger partial charge on any atom is -0.506 e. The van der Waals surface area contributed by atoms with Gasteiger partial charge in [-0.2, -0.15) is 0 Å². The minimum atomic E-state index is -4.03. The first-order chi connectivity index (χ1) is 15.3. The maximum absolute atomic E-state index is 12.8. The van der Waals surface area contributed by atoms with Crippen molar-refractivity contribution in [1.29, 1.82) is 0 Å². The van der Waals surface area contributed by atoms with Gasteiger partial charge in [-0.05, 0) is 42.5 Å². The van der Waals surface area contributed by atoms with Crippen molar-refractivity contribution in [2.24, 2.45) is 0 Å². The van der Waals surface area contributed by atoms with E-state index >= 15 is 0 Å². The van der Waals surface area contributed by atoms with Crippen molar-refractivity contribution in [3.63, 3.8) is 0 Å². The van der Waals surface area contributed by atoms with Gasteiger partial charge in [-0.15, -0.1) is 0 Å². The van der Waals surface area contributed by atoms with Crippen molar-refractivity contribution >= 4 is 33.2 Å². The Kier molecular flexibility index (Phi) is 7.00. The second kappa shape index (κ2) is 9.88. The molecule has 2 aromatic carbocycles. The average Bonchev–Trinajstić information content (AvgIpc) is 3.30. The number of anilines is 2. The number of rotatable bonds is 9. The van der Waals surface area contributed by atoms with Crippen LogP contribution in [0.15, 0.2) is 70.2 Å². The number of aromatic hydroxyl groups is 1. The highest BCUT2D eigenvalue weighted by Gasteiger charge is 2.19. The fourth-order valence-corrected chi connectivity index (χ4v) is 3.81. The molecule has 0 aliphatic rings. The molecule has 4 N–H and O–H groups in total. The van der Waals surface area contributed by atoms with Crippen LogP contribution in [-0.4, -0.2) is 39.0 Å². The number of phenols is 1. The summed E-state index contributed by atoms with van der Waals surface area (Å²) in [6.07, 6.45) is 1.25. The molecule has 2 amide bonds. The van der Waals surface area contributed by atoms with Crippen molar-refractivity contribution in [2.45, 2.75) is 11.3 Å². The monoisotopic (exact) mass is 459 g/mol. The summed E-state index contributed by atoms with van der Waals surface area (Å²) in [7, 11) is -2.62. The molecule has 10 nitrogen and oxygen atoms in total. The molecule has 0 aliphatic carbocycles. The highest BCUT2D eigenvalue weighted by atomic mass is 32.2. The van der Waals surface area contributed by atoms with Gasteiger partial charge in [-0.3, -0.25) is 14.3 Å². The van der Waals surface area contributed by atoms with Crippen LogP contribution in [0.3, 0.4) is 0 Å². The third-order valence-corrected chi connectivity index (χ3v) is 5.65. The zero-order valence-electron chi connectivity index (χ0n) is 17.0. The molecule has 168 valence electrons. The Morgan fingerprint density at radius 3 is 2.56 bits per heavy atom. The molecule has 0 saturated heterocycles. The molecule has 0 saturated carbocycles. The van der Waals surface area contributed by atoms with Crippen LogP contribution < -0.4 is 20.1 Å². The lowest BCUT2D eigenvalue weighted by Crippen LogP contribution is -2.27. The summed E-state index contributed by atoms with van der Waals surface area (Å²) < 4.78 is 38.0. The quantitative estimate of drug-likeness (QED) is 0.360. The van der Waals surface area contributed by atoms with Crippen LogP contribution in [0.2, 0.25) is 0 Å². The normalized spacial score (nSPS) is 10.9. The van der Waals surface area contributed by atoms with E-state index in [0.29, 0.717) is 5.75 Å². The van der Waals surface area contributed by atoms with Crippen LogP contribution in [0.4, 0.5) is 11.4 Å². The summed E-state index contributed by atoms with van der Waals surface area (Å²) in [5.74, 6) is -0.869. The van der Waals surface area contributed by atoms with Crippen LogP contribution in [0.5, 0.6) is 11.5 Å². The summed E-state index contributed by atoms with van der Waals surface area (Å²) in [6.45, 7) is 0.0134. The predicted octanol–water partition coefficient (Wildman–Crippen LogP) is 2.55. The van der Waals surface area contributed by atoms with E-state index in [2.05, 4.69) is 15.4 Å². The van der Waals surface area contributed by atoms with Gasteiger partial charge < -0.3 is 24.9 Å². The Bertz CT molecular complexity index is 1210. The molecule has 0 atom stereocenters. The number of phenolic OH excluding ortho intramolecular Hbond substituents is 1. The standard InChI is InChI=1S/C21H21N3O7S/c1-30-18-6-3-2-5-15(18)24-32(28,29)14-8-9-17(25)16(13-14)23-20(26)10-11-22-21(27)19-7-4-12-31-19/h2-9,12-13,24-25H,10-11H2,1H3,(H,22,27)(H,23,26). The maximum atomic E-state index is 12.8. The van der Waals surface area contributed by atoms with Crippen molar-refractivity contribution < 1.29 is 32.3 Å². The number of furan rings is 1. The van der Waals surface area contributed by atoms with Gasteiger partial charge in [0.2, 0.25) is 5.91 Å². The Hall–Kier alpha value is -3.99. The van der Waals surface area contributed by atoms with Crippen LogP contribution in [0.25, 0.3) is 0 Å². The molecule has 0 bridgehead atoms. The highest BCUT2D eigenvalue weighted by Crippen LogP contribution is 2.30. The van der Waals surface area contributed by atoms with Gasteiger partial charge in [0, 0.05) is 13.0 Å². The van der Waals surface area contributed by atoms with Crippen molar-refractivity contribution in [3.05, 3.63) is 66.6 Å². The van der Waals surface area contributed by atoms with Gasteiger partial charge in [0.1, 0.15) is 11.5 Å². The van der Waals surface area contributed by atoms with Gasteiger partial charge in [0.15, 0.2) is 5.76 Å². The second-order valence-electron chi connectivity index (χ2n) is 6.52. The van der Waals surface area contributed by atoms with E-state index in [9.17, 15) is 23.1 Å². The molecule has 0 radical (unpaired) electrons. The van der Waals surface area contributed by atoms with Gasteiger partial charge in [-0.1, -0.05) is 12.1 Å². The molecular weight excluding hydrogens is 438 g/mol. The van der Waals surface area contributed by atoms with Crippen molar-refractivity contribution in [3.8, 4) is 11.5 Å². The summed E-state index contributed by atoms with van der Waals surface area (Å²) in [5, 5.41) is 15.0. The predicted molar refractivity (Wildman–Crippen MR) is 116 cm³/mol. The van der Waals surface area contributed by atoms with E-state index in [-0.39, 0.29) is 40.7 Å². The van der Waals surface area contributed by atoms with Gasteiger partial charge >= 0.3 is 0 Å². The summed E-state index contributed by atoms with van der Waals surface area (Å²) in [4.78, 5) is 23.8. The van der Waals surface area contributed by atoms with E-state index in [1.807, 2.05) is 0 Å².